The van der Waals surface area contributed by atoms with Gasteiger partial charge < -0.3 is 9.88 Å². The Kier molecular flexibility index (Phi) is 5.86. The maximum atomic E-state index is 4.29. The molecule has 1 rings (SSSR count). The average Bonchev–Trinajstić information content (AvgIpc) is 2.70. The van der Waals surface area contributed by atoms with Gasteiger partial charge in [-0.2, -0.15) is 0 Å². The summed E-state index contributed by atoms with van der Waals surface area (Å²) in [6.07, 6.45) is 9.20. The molecule has 0 aromatic carbocycles. The van der Waals surface area contributed by atoms with Gasteiger partial charge in [0.2, 0.25) is 0 Å². The molecule has 1 N–H and O–H groups in total. The maximum Gasteiger partial charge on any atom is 0.132 e. The molecule has 0 aliphatic rings. The smallest absolute Gasteiger partial charge is 0.132 e. The summed E-state index contributed by atoms with van der Waals surface area (Å²) in [4.78, 5) is 4.29. The standard InChI is InChI=1S/C13H23N3/c1-4-16-10-9-15-13(16)7-5-6-8-14-11-12(2)3/h5,7,9-10,12,14H,4,6,8,11H2,1-3H3. The van der Waals surface area contributed by atoms with Gasteiger partial charge in [-0.1, -0.05) is 19.9 Å². The van der Waals surface area contributed by atoms with Gasteiger partial charge in [-0.25, -0.2) is 4.98 Å². The van der Waals surface area contributed by atoms with E-state index in [1.165, 1.54) is 0 Å². The fourth-order valence-electron chi connectivity index (χ4n) is 1.51. The van der Waals surface area contributed by atoms with Crippen molar-refractivity contribution in [3.63, 3.8) is 0 Å². The van der Waals surface area contributed by atoms with Crippen molar-refractivity contribution in [2.75, 3.05) is 13.1 Å². The molecule has 0 atom stereocenters. The molecule has 0 radical (unpaired) electrons. The van der Waals surface area contributed by atoms with E-state index in [-0.39, 0.29) is 0 Å². The molecule has 0 amide bonds. The van der Waals surface area contributed by atoms with Crippen LogP contribution in [0.1, 0.15) is 33.0 Å². The van der Waals surface area contributed by atoms with Crippen LogP contribution in [0.5, 0.6) is 0 Å². The number of imidazole rings is 1. The summed E-state index contributed by atoms with van der Waals surface area (Å²) in [5, 5.41) is 3.42. The van der Waals surface area contributed by atoms with Crippen molar-refractivity contribution in [1.29, 1.82) is 0 Å². The molecule has 90 valence electrons. The molecule has 0 aliphatic carbocycles. The Morgan fingerprint density at radius 2 is 2.31 bits per heavy atom. The van der Waals surface area contributed by atoms with Gasteiger partial charge >= 0.3 is 0 Å². The minimum atomic E-state index is 0.725. The Balaban J connectivity index is 2.22. The van der Waals surface area contributed by atoms with Crippen molar-refractivity contribution in [1.82, 2.24) is 14.9 Å². The lowest BCUT2D eigenvalue weighted by Crippen LogP contribution is -2.20. The molecule has 0 spiro atoms. The van der Waals surface area contributed by atoms with E-state index in [0.29, 0.717) is 0 Å². The molecule has 3 heteroatoms. The van der Waals surface area contributed by atoms with Gasteiger partial charge in [0.25, 0.3) is 0 Å². The predicted molar refractivity (Wildman–Crippen MR) is 69.3 cm³/mol. The maximum absolute atomic E-state index is 4.29. The van der Waals surface area contributed by atoms with Gasteiger partial charge in [-0.3, -0.25) is 0 Å². The van der Waals surface area contributed by atoms with Crippen LogP contribution in [0.3, 0.4) is 0 Å². The minimum Gasteiger partial charge on any atom is -0.332 e. The van der Waals surface area contributed by atoms with Crippen LogP contribution in [0.25, 0.3) is 6.08 Å². The van der Waals surface area contributed by atoms with Gasteiger partial charge in [-0.05, 0) is 38.4 Å². The highest BCUT2D eigenvalue weighted by molar-refractivity contribution is 5.40. The third-order valence-corrected chi connectivity index (χ3v) is 2.40. The van der Waals surface area contributed by atoms with E-state index in [1.54, 1.807) is 0 Å². The summed E-state index contributed by atoms with van der Waals surface area (Å²) in [5.74, 6) is 1.77. The first kappa shape index (κ1) is 13.0. The predicted octanol–water partition coefficient (Wildman–Crippen LogP) is 2.55. The first-order valence-electron chi connectivity index (χ1n) is 6.12. The van der Waals surface area contributed by atoms with Gasteiger partial charge in [0.15, 0.2) is 0 Å². The lowest BCUT2D eigenvalue weighted by molar-refractivity contribution is 0.557. The summed E-state index contributed by atoms with van der Waals surface area (Å²) < 4.78 is 2.14. The third-order valence-electron chi connectivity index (χ3n) is 2.40. The SMILES string of the molecule is CCn1ccnc1C=CCCNCC(C)C. The van der Waals surface area contributed by atoms with Crippen molar-refractivity contribution in [2.45, 2.75) is 33.7 Å². The minimum absolute atomic E-state index is 0.725. The number of hydrogen-bond acceptors (Lipinski definition) is 2. The van der Waals surface area contributed by atoms with Crippen molar-refractivity contribution < 1.29 is 0 Å². The van der Waals surface area contributed by atoms with Crippen molar-refractivity contribution in [3.05, 3.63) is 24.3 Å². The van der Waals surface area contributed by atoms with Crippen LogP contribution in [0.4, 0.5) is 0 Å². The molecule has 1 heterocycles. The van der Waals surface area contributed by atoms with Crippen LogP contribution in [-0.4, -0.2) is 22.6 Å². The Bertz CT molecular complexity index is 313. The van der Waals surface area contributed by atoms with Crippen LogP contribution in [0.15, 0.2) is 18.5 Å². The highest BCUT2D eigenvalue weighted by Gasteiger charge is 1.94. The fraction of sp³-hybridized carbons (Fsp3) is 0.615. The highest BCUT2D eigenvalue weighted by Crippen LogP contribution is 2.00. The lowest BCUT2D eigenvalue weighted by atomic mass is 10.2. The summed E-state index contributed by atoms with van der Waals surface area (Å²) in [6, 6.07) is 0. The van der Waals surface area contributed by atoms with Crippen LogP contribution in [0.2, 0.25) is 0 Å². The molecular formula is C13H23N3. The summed E-state index contributed by atoms with van der Waals surface area (Å²) in [6.45, 7) is 9.69. The van der Waals surface area contributed by atoms with E-state index in [4.69, 9.17) is 0 Å². The monoisotopic (exact) mass is 221 g/mol. The van der Waals surface area contributed by atoms with Gasteiger partial charge in [-0.15, -0.1) is 0 Å². The number of nitrogens with zero attached hydrogens (tertiary/aromatic N) is 2. The molecule has 0 saturated heterocycles. The average molecular weight is 221 g/mol. The summed E-state index contributed by atoms with van der Waals surface area (Å²) >= 11 is 0. The Hall–Kier alpha value is -1.09. The van der Waals surface area contributed by atoms with E-state index < -0.39 is 0 Å². The van der Waals surface area contributed by atoms with E-state index >= 15 is 0 Å². The molecular weight excluding hydrogens is 198 g/mol. The normalized spacial score (nSPS) is 11.8. The number of rotatable bonds is 7. The van der Waals surface area contributed by atoms with Crippen molar-refractivity contribution in [2.24, 2.45) is 5.92 Å². The molecule has 0 bridgehead atoms. The van der Waals surface area contributed by atoms with Crippen LogP contribution in [-0.2, 0) is 6.54 Å². The zero-order valence-electron chi connectivity index (χ0n) is 10.6. The first-order chi connectivity index (χ1) is 7.74. The second-order valence-electron chi connectivity index (χ2n) is 4.36. The topological polar surface area (TPSA) is 29.9 Å². The number of hydrogen-bond donors (Lipinski definition) is 1. The molecule has 0 fully saturated rings. The second-order valence-corrected chi connectivity index (χ2v) is 4.36. The van der Waals surface area contributed by atoms with Crippen LogP contribution >= 0.6 is 0 Å². The summed E-state index contributed by atoms with van der Waals surface area (Å²) in [5.41, 5.74) is 0. The lowest BCUT2D eigenvalue weighted by Gasteiger charge is -2.04. The number of aromatic nitrogens is 2. The molecule has 1 aromatic heterocycles. The zero-order chi connectivity index (χ0) is 11.8. The zero-order valence-corrected chi connectivity index (χ0v) is 10.6. The van der Waals surface area contributed by atoms with Crippen LogP contribution in [0, 0.1) is 5.92 Å². The second kappa shape index (κ2) is 7.23. The molecule has 0 unspecified atom stereocenters. The summed E-state index contributed by atoms with van der Waals surface area (Å²) in [7, 11) is 0. The molecule has 3 nitrogen and oxygen atoms in total. The molecule has 0 aliphatic heterocycles. The third kappa shape index (κ3) is 4.62. The largest absolute Gasteiger partial charge is 0.332 e. The molecule has 16 heavy (non-hydrogen) atoms. The van der Waals surface area contributed by atoms with Gasteiger partial charge in [0.05, 0.1) is 0 Å². The van der Waals surface area contributed by atoms with Crippen molar-refractivity contribution >= 4 is 6.08 Å². The number of nitrogens with one attached hydrogen (secondary N) is 1. The Morgan fingerprint density at radius 3 is 3.00 bits per heavy atom. The number of aryl methyl sites for hydroxylation is 1. The van der Waals surface area contributed by atoms with E-state index in [9.17, 15) is 0 Å². The van der Waals surface area contributed by atoms with E-state index in [0.717, 1.165) is 37.8 Å². The first-order valence-corrected chi connectivity index (χ1v) is 6.12. The Morgan fingerprint density at radius 1 is 1.50 bits per heavy atom. The van der Waals surface area contributed by atoms with Gasteiger partial charge in [0.1, 0.15) is 5.82 Å². The highest BCUT2D eigenvalue weighted by atomic mass is 15.0. The quantitative estimate of drug-likeness (QED) is 0.717. The van der Waals surface area contributed by atoms with Crippen molar-refractivity contribution in [3.8, 4) is 0 Å². The van der Waals surface area contributed by atoms with E-state index in [2.05, 4.69) is 47.8 Å². The molecule has 1 aromatic rings. The Labute approximate surface area is 98.6 Å². The fourth-order valence-corrected chi connectivity index (χ4v) is 1.51. The van der Waals surface area contributed by atoms with E-state index in [1.807, 2.05) is 12.4 Å². The molecule has 0 saturated carbocycles. The van der Waals surface area contributed by atoms with Gasteiger partial charge in [0, 0.05) is 18.9 Å². The van der Waals surface area contributed by atoms with Crippen LogP contribution < -0.4 is 5.32 Å².